The van der Waals surface area contributed by atoms with Crippen LogP contribution < -0.4 is 5.32 Å². The minimum atomic E-state index is -0.516. The summed E-state index contributed by atoms with van der Waals surface area (Å²) in [6.07, 6.45) is 3.21. The second-order valence-electron chi connectivity index (χ2n) is 4.68. The van der Waals surface area contributed by atoms with Crippen molar-refractivity contribution in [3.05, 3.63) is 29.8 Å². The molecule has 94 valence electrons. The molecule has 0 saturated heterocycles. The normalized spacial score (nSPS) is 11.3. The number of hydrogen-bond acceptors (Lipinski definition) is 2. The zero-order valence-corrected chi connectivity index (χ0v) is 10.7. The van der Waals surface area contributed by atoms with E-state index in [1.165, 1.54) is 6.20 Å². The zero-order valence-electron chi connectivity index (χ0n) is 9.96. The Kier molecular flexibility index (Phi) is 4.87. The Hall–Kier alpha value is -1.16. The summed E-state index contributed by atoms with van der Waals surface area (Å²) in [7, 11) is 0. The van der Waals surface area contributed by atoms with Crippen molar-refractivity contribution in [1.82, 2.24) is 10.3 Å². The Balaban J connectivity index is 2.56. The monoisotopic (exact) mass is 258 g/mol. The maximum absolute atomic E-state index is 12.9. The molecule has 0 aliphatic carbocycles. The van der Waals surface area contributed by atoms with Crippen molar-refractivity contribution in [3.8, 4) is 0 Å². The summed E-state index contributed by atoms with van der Waals surface area (Å²) in [4.78, 5) is 15.3. The van der Waals surface area contributed by atoms with Crippen molar-refractivity contribution >= 4 is 17.5 Å². The number of carbonyl (C=O) groups excluding carboxylic acids is 1. The van der Waals surface area contributed by atoms with Crippen LogP contribution in [0.25, 0.3) is 0 Å². The fourth-order valence-electron chi connectivity index (χ4n) is 1.30. The van der Waals surface area contributed by atoms with Crippen molar-refractivity contribution in [2.75, 3.05) is 12.4 Å². The van der Waals surface area contributed by atoms with E-state index in [1.54, 1.807) is 0 Å². The summed E-state index contributed by atoms with van der Waals surface area (Å²) in [5, 5.41) is 2.75. The van der Waals surface area contributed by atoms with Gasteiger partial charge >= 0.3 is 0 Å². The molecule has 1 rings (SSSR count). The summed E-state index contributed by atoms with van der Waals surface area (Å²) in [6, 6.07) is 1.16. The Morgan fingerprint density at radius 1 is 1.53 bits per heavy atom. The van der Waals surface area contributed by atoms with Crippen LogP contribution in [0.3, 0.4) is 0 Å². The van der Waals surface area contributed by atoms with E-state index in [2.05, 4.69) is 10.3 Å². The fraction of sp³-hybridized carbons (Fsp3) is 0.500. The van der Waals surface area contributed by atoms with E-state index in [-0.39, 0.29) is 16.9 Å². The Labute approximate surface area is 105 Å². The SMILES string of the molecule is CC(C)(CCCl)CNC(=O)c1cncc(F)c1. The predicted octanol–water partition coefficient (Wildman–Crippen LogP) is 2.61. The molecule has 5 heteroatoms. The second-order valence-corrected chi connectivity index (χ2v) is 5.06. The quantitative estimate of drug-likeness (QED) is 0.825. The number of hydrogen-bond donors (Lipinski definition) is 1. The van der Waals surface area contributed by atoms with Gasteiger partial charge in [-0.2, -0.15) is 0 Å². The molecule has 0 bridgehead atoms. The summed E-state index contributed by atoms with van der Waals surface area (Å²) in [5.74, 6) is -0.290. The molecular formula is C12H16ClFN2O. The molecule has 0 unspecified atom stereocenters. The van der Waals surface area contributed by atoms with Crippen molar-refractivity contribution < 1.29 is 9.18 Å². The van der Waals surface area contributed by atoms with E-state index < -0.39 is 5.82 Å². The maximum Gasteiger partial charge on any atom is 0.252 e. The summed E-state index contributed by atoms with van der Waals surface area (Å²) in [5.41, 5.74) is 0.157. The van der Waals surface area contributed by atoms with Crippen LogP contribution in [0.1, 0.15) is 30.6 Å². The molecule has 1 heterocycles. The van der Waals surface area contributed by atoms with Gasteiger partial charge in [-0.1, -0.05) is 13.8 Å². The van der Waals surface area contributed by atoms with Gasteiger partial charge in [0.05, 0.1) is 11.8 Å². The fourth-order valence-corrected chi connectivity index (χ4v) is 1.81. The lowest BCUT2D eigenvalue weighted by molar-refractivity contribution is 0.0935. The van der Waals surface area contributed by atoms with Crippen molar-refractivity contribution in [2.45, 2.75) is 20.3 Å². The van der Waals surface area contributed by atoms with E-state index in [0.717, 1.165) is 18.7 Å². The van der Waals surface area contributed by atoms with Gasteiger partial charge in [0.25, 0.3) is 5.91 Å². The molecule has 0 saturated carbocycles. The number of alkyl halides is 1. The highest BCUT2D eigenvalue weighted by Crippen LogP contribution is 2.19. The summed E-state index contributed by atoms with van der Waals surface area (Å²) in [6.45, 7) is 4.52. The van der Waals surface area contributed by atoms with E-state index in [9.17, 15) is 9.18 Å². The first-order valence-electron chi connectivity index (χ1n) is 5.39. The smallest absolute Gasteiger partial charge is 0.252 e. The maximum atomic E-state index is 12.9. The molecule has 1 aromatic heterocycles. The van der Waals surface area contributed by atoms with Crippen molar-refractivity contribution in [2.24, 2.45) is 5.41 Å². The van der Waals surface area contributed by atoms with Gasteiger partial charge in [-0.05, 0) is 17.9 Å². The van der Waals surface area contributed by atoms with Gasteiger partial charge in [0, 0.05) is 18.6 Å². The van der Waals surface area contributed by atoms with E-state index >= 15 is 0 Å². The lowest BCUT2D eigenvalue weighted by atomic mass is 9.90. The number of carbonyl (C=O) groups is 1. The highest BCUT2D eigenvalue weighted by atomic mass is 35.5. The number of nitrogens with zero attached hydrogens (tertiary/aromatic N) is 1. The third-order valence-corrected chi connectivity index (χ3v) is 2.65. The minimum absolute atomic E-state index is 0.0713. The van der Waals surface area contributed by atoms with Crippen LogP contribution in [0.5, 0.6) is 0 Å². The Morgan fingerprint density at radius 2 is 2.24 bits per heavy atom. The van der Waals surface area contributed by atoms with Crippen LogP contribution in [0, 0.1) is 11.2 Å². The number of rotatable bonds is 5. The zero-order chi connectivity index (χ0) is 12.9. The molecule has 1 amide bonds. The highest BCUT2D eigenvalue weighted by molar-refractivity contribution is 6.17. The standard InChI is InChI=1S/C12H16ClFN2O/c1-12(2,3-4-13)8-16-11(17)9-5-10(14)7-15-6-9/h5-7H,3-4,8H2,1-2H3,(H,16,17). The van der Waals surface area contributed by atoms with Gasteiger partial charge in [-0.15, -0.1) is 11.6 Å². The molecule has 0 spiro atoms. The van der Waals surface area contributed by atoms with Crippen LogP contribution in [0.2, 0.25) is 0 Å². The van der Waals surface area contributed by atoms with Crippen LogP contribution in [-0.2, 0) is 0 Å². The molecule has 0 fully saturated rings. The first-order chi connectivity index (χ1) is 7.94. The van der Waals surface area contributed by atoms with Gasteiger partial charge < -0.3 is 5.32 Å². The number of pyridine rings is 1. The van der Waals surface area contributed by atoms with Crippen LogP contribution in [0.4, 0.5) is 4.39 Å². The molecule has 3 nitrogen and oxygen atoms in total. The van der Waals surface area contributed by atoms with Gasteiger partial charge in [0.15, 0.2) is 0 Å². The number of nitrogens with one attached hydrogen (secondary N) is 1. The van der Waals surface area contributed by atoms with E-state index in [4.69, 9.17) is 11.6 Å². The van der Waals surface area contributed by atoms with E-state index in [0.29, 0.717) is 12.4 Å². The predicted molar refractivity (Wildman–Crippen MR) is 65.6 cm³/mol. The molecule has 0 aliphatic heterocycles. The molecule has 1 N–H and O–H groups in total. The first kappa shape index (κ1) is 13.9. The lowest BCUT2D eigenvalue weighted by Crippen LogP contribution is -2.34. The number of halogens is 2. The van der Waals surface area contributed by atoms with Crippen LogP contribution in [0.15, 0.2) is 18.5 Å². The van der Waals surface area contributed by atoms with Gasteiger partial charge in [0.2, 0.25) is 0 Å². The van der Waals surface area contributed by atoms with Crippen molar-refractivity contribution in [3.63, 3.8) is 0 Å². The Morgan fingerprint density at radius 3 is 2.82 bits per heavy atom. The highest BCUT2D eigenvalue weighted by Gasteiger charge is 2.18. The average molecular weight is 259 g/mol. The van der Waals surface area contributed by atoms with E-state index in [1.807, 2.05) is 13.8 Å². The molecule has 0 atom stereocenters. The molecular weight excluding hydrogens is 243 g/mol. The lowest BCUT2D eigenvalue weighted by Gasteiger charge is -2.23. The summed E-state index contributed by atoms with van der Waals surface area (Å²) < 4.78 is 12.9. The van der Waals surface area contributed by atoms with Gasteiger partial charge in [0.1, 0.15) is 5.82 Å². The molecule has 0 radical (unpaired) electrons. The molecule has 1 aromatic rings. The topological polar surface area (TPSA) is 42.0 Å². The molecule has 17 heavy (non-hydrogen) atoms. The van der Waals surface area contributed by atoms with Crippen LogP contribution in [-0.4, -0.2) is 23.3 Å². The van der Waals surface area contributed by atoms with Crippen molar-refractivity contribution in [1.29, 1.82) is 0 Å². The average Bonchev–Trinajstić information content (AvgIpc) is 2.26. The van der Waals surface area contributed by atoms with Gasteiger partial charge in [-0.3, -0.25) is 9.78 Å². The Bertz CT molecular complexity index is 396. The van der Waals surface area contributed by atoms with Crippen LogP contribution >= 0.6 is 11.6 Å². The minimum Gasteiger partial charge on any atom is -0.351 e. The molecule has 0 aliphatic rings. The van der Waals surface area contributed by atoms with Gasteiger partial charge in [-0.25, -0.2) is 4.39 Å². The molecule has 0 aromatic carbocycles. The third-order valence-electron chi connectivity index (χ3n) is 2.47. The first-order valence-corrected chi connectivity index (χ1v) is 5.93. The largest absolute Gasteiger partial charge is 0.351 e. The number of aromatic nitrogens is 1. The summed E-state index contributed by atoms with van der Waals surface area (Å²) >= 11 is 5.67. The second kappa shape index (κ2) is 5.96. The third kappa shape index (κ3) is 4.69. The number of amides is 1.